The highest BCUT2D eigenvalue weighted by Gasteiger charge is 2.72. The first kappa shape index (κ1) is 24.3. The number of hydrogen-bond acceptors (Lipinski definition) is 3. The molecule has 5 fully saturated rings. The summed E-state index contributed by atoms with van der Waals surface area (Å²) < 4.78 is 0. The molecule has 11 atom stereocenters. The topological polar surface area (TPSA) is 57.5 Å². The summed E-state index contributed by atoms with van der Waals surface area (Å²) in [6.45, 7) is 19.1. The fourth-order valence-electron chi connectivity index (χ4n) is 11.2. The van der Waals surface area contributed by atoms with Crippen molar-refractivity contribution in [2.45, 2.75) is 125 Å². The molecule has 0 unspecified atom stereocenters. The van der Waals surface area contributed by atoms with Crippen LogP contribution in [-0.2, 0) is 4.79 Å². The van der Waals surface area contributed by atoms with E-state index in [1.165, 1.54) is 25.7 Å². The Morgan fingerprint density at radius 3 is 2.03 bits per heavy atom. The van der Waals surface area contributed by atoms with Gasteiger partial charge in [-0.15, -0.1) is 0 Å². The van der Waals surface area contributed by atoms with Gasteiger partial charge in [0.2, 0.25) is 0 Å². The van der Waals surface area contributed by atoms with Crippen LogP contribution >= 0.6 is 0 Å². The van der Waals surface area contributed by atoms with Gasteiger partial charge in [-0.05, 0) is 96.2 Å². The maximum Gasteiger partial charge on any atom is 0.136 e. The number of aliphatic hydroxyl groups is 2. The van der Waals surface area contributed by atoms with E-state index < -0.39 is 6.10 Å². The van der Waals surface area contributed by atoms with Crippen LogP contribution in [0.15, 0.2) is 0 Å². The second-order valence-electron chi connectivity index (χ2n) is 15.4. The van der Waals surface area contributed by atoms with Crippen LogP contribution in [0, 0.1) is 56.2 Å². The summed E-state index contributed by atoms with van der Waals surface area (Å²) in [5.41, 5.74) is 0.501. The predicted molar refractivity (Wildman–Crippen MR) is 133 cm³/mol. The monoisotopic (exact) mass is 458 g/mol. The van der Waals surface area contributed by atoms with E-state index in [2.05, 4.69) is 55.4 Å². The van der Waals surface area contributed by atoms with Crippen molar-refractivity contribution in [3.05, 3.63) is 0 Å². The molecule has 0 aromatic carbocycles. The number of ketones is 1. The van der Waals surface area contributed by atoms with Gasteiger partial charge >= 0.3 is 0 Å². The quantitative estimate of drug-likeness (QED) is 0.442. The molecule has 0 aromatic heterocycles. The van der Waals surface area contributed by atoms with Crippen molar-refractivity contribution in [2.24, 2.45) is 56.2 Å². The first-order valence-corrected chi connectivity index (χ1v) is 14.0. The standard InChI is InChI=1S/C30H50O3/c1-18-19(31)9-10-20-27(5)12-14-29(7)22-16-25(2,3)24(33)17-26(22,4)11-13-28(29,6)21(27)15-23(32)30(18,20)8/h18,20-24,32-33H,9-17H2,1-8H3/t18-,20-,21+,22+,23+,24+,26-,27-,28+,29-,30-/m0/s1. The van der Waals surface area contributed by atoms with Gasteiger partial charge in [0.1, 0.15) is 5.78 Å². The molecule has 0 amide bonds. The number of hydrogen-bond donors (Lipinski definition) is 2. The van der Waals surface area contributed by atoms with E-state index >= 15 is 0 Å². The van der Waals surface area contributed by atoms with Crippen molar-refractivity contribution < 1.29 is 15.0 Å². The van der Waals surface area contributed by atoms with Crippen LogP contribution in [-0.4, -0.2) is 28.2 Å². The van der Waals surface area contributed by atoms with Gasteiger partial charge in [0.25, 0.3) is 0 Å². The number of carbonyl (C=O) groups is 1. The van der Waals surface area contributed by atoms with Crippen LogP contribution in [0.5, 0.6) is 0 Å². The molecular weight excluding hydrogens is 408 g/mol. The Morgan fingerprint density at radius 2 is 1.36 bits per heavy atom. The molecule has 0 aromatic rings. The molecule has 0 spiro atoms. The highest BCUT2D eigenvalue weighted by molar-refractivity contribution is 5.82. The van der Waals surface area contributed by atoms with Gasteiger partial charge in [0.05, 0.1) is 12.2 Å². The van der Waals surface area contributed by atoms with Crippen molar-refractivity contribution in [1.29, 1.82) is 0 Å². The molecule has 5 aliphatic rings. The average molecular weight is 459 g/mol. The Kier molecular flexibility index (Phi) is 5.06. The van der Waals surface area contributed by atoms with Gasteiger partial charge in [0, 0.05) is 17.8 Å². The summed E-state index contributed by atoms with van der Waals surface area (Å²) in [5.74, 6) is 1.85. The highest BCUT2D eigenvalue weighted by Crippen LogP contribution is 2.78. The van der Waals surface area contributed by atoms with Crippen molar-refractivity contribution in [3.63, 3.8) is 0 Å². The normalized spacial score (nSPS) is 60.2. The molecule has 33 heavy (non-hydrogen) atoms. The first-order chi connectivity index (χ1) is 15.1. The summed E-state index contributed by atoms with van der Waals surface area (Å²) >= 11 is 0. The van der Waals surface area contributed by atoms with E-state index in [4.69, 9.17) is 0 Å². The van der Waals surface area contributed by atoms with E-state index in [0.29, 0.717) is 30.0 Å². The highest BCUT2D eigenvalue weighted by atomic mass is 16.3. The third-order valence-electron chi connectivity index (χ3n) is 14.0. The van der Waals surface area contributed by atoms with Crippen LogP contribution in [0.25, 0.3) is 0 Å². The molecular formula is C30H50O3. The average Bonchev–Trinajstić information content (AvgIpc) is 2.72. The molecule has 188 valence electrons. The summed E-state index contributed by atoms with van der Waals surface area (Å²) in [5, 5.41) is 22.7. The minimum Gasteiger partial charge on any atom is -0.393 e. The van der Waals surface area contributed by atoms with Gasteiger partial charge in [-0.25, -0.2) is 0 Å². The molecule has 0 aliphatic heterocycles. The molecule has 0 heterocycles. The summed E-state index contributed by atoms with van der Waals surface area (Å²) in [6, 6.07) is 0. The predicted octanol–water partition coefficient (Wildman–Crippen LogP) is 6.40. The lowest BCUT2D eigenvalue weighted by molar-refractivity contribution is -0.280. The second-order valence-corrected chi connectivity index (χ2v) is 15.4. The Bertz CT molecular complexity index is 849. The number of carbonyl (C=O) groups excluding carboxylic acids is 1. The van der Waals surface area contributed by atoms with E-state index in [9.17, 15) is 15.0 Å². The lowest BCUT2D eigenvalue weighted by atomic mass is 9.29. The Hall–Kier alpha value is -0.410. The summed E-state index contributed by atoms with van der Waals surface area (Å²) in [7, 11) is 0. The smallest absolute Gasteiger partial charge is 0.136 e. The first-order valence-electron chi connectivity index (χ1n) is 14.0. The molecule has 0 radical (unpaired) electrons. The lowest BCUT2D eigenvalue weighted by Crippen LogP contribution is -2.70. The minimum absolute atomic E-state index is 0.0317. The summed E-state index contributed by atoms with van der Waals surface area (Å²) in [4.78, 5) is 12.8. The van der Waals surface area contributed by atoms with Crippen molar-refractivity contribution in [1.82, 2.24) is 0 Å². The van der Waals surface area contributed by atoms with Gasteiger partial charge < -0.3 is 10.2 Å². The molecule has 0 bridgehead atoms. The number of aliphatic hydroxyl groups excluding tert-OH is 2. The minimum atomic E-state index is -0.392. The van der Waals surface area contributed by atoms with E-state index in [0.717, 1.165) is 25.7 Å². The second kappa shape index (κ2) is 6.87. The molecule has 0 saturated heterocycles. The van der Waals surface area contributed by atoms with Crippen molar-refractivity contribution in [3.8, 4) is 0 Å². The van der Waals surface area contributed by atoms with Crippen LogP contribution < -0.4 is 0 Å². The number of rotatable bonds is 0. The Balaban J connectivity index is 1.57. The van der Waals surface area contributed by atoms with Crippen LogP contribution in [0.4, 0.5) is 0 Å². The lowest BCUT2D eigenvalue weighted by Gasteiger charge is -2.75. The van der Waals surface area contributed by atoms with Gasteiger partial charge in [-0.1, -0.05) is 55.4 Å². The Morgan fingerprint density at radius 1 is 0.758 bits per heavy atom. The molecule has 5 aliphatic carbocycles. The fraction of sp³-hybridized carbons (Fsp3) is 0.967. The molecule has 2 N–H and O–H groups in total. The van der Waals surface area contributed by atoms with E-state index in [1.807, 2.05) is 0 Å². The third-order valence-corrected chi connectivity index (χ3v) is 14.0. The van der Waals surface area contributed by atoms with Crippen LogP contribution in [0.3, 0.4) is 0 Å². The maximum absolute atomic E-state index is 12.8. The van der Waals surface area contributed by atoms with Crippen LogP contribution in [0.2, 0.25) is 0 Å². The van der Waals surface area contributed by atoms with Crippen molar-refractivity contribution in [2.75, 3.05) is 0 Å². The van der Waals surface area contributed by atoms with Gasteiger partial charge in [0.15, 0.2) is 0 Å². The van der Waals surface area contributed by atoms with E-state index in [1.54, 1.807) is 0 Å². The SMILES string of the molecule is C[C@H]1C(=O)CC[C@H]2[C@]3(C)CC[C@@]4(C)[C@@H]5CC(C)(C)[C@H](O)C[C@]5(C)CC[C@]4(C)[C@@H]3C[C@@H](O)[C@@]12C. The molecule has 3 heteroatoms. The maximum atomic E-state index is 12.8. The van der Waals surface area contributed by atoms with Gasteiger partial charge in [-0.3, -0.25) is 4.79 Å². The Labute approximate surface area is 202 Å². The molecule has 5 rings (SSSR count). The zero-order chi connectivity index (χ0) is 24.4. The molecule has 5 saturated carbocycles. The summed E-state index contributed by atoms with van der Waals surface area (Å²) in [6.07, 6.45) is 8.79. The zero-order valence-electron chi connectivity index (χ0n) is 22.6. The fourth-order valence-corrected chi connectivity index (χ4v) is 11.2. The van der Waals surface area contributed by atoms with Gasteiger partial charge in [-0.2, -0.15) is 0 Å². The third kappa shape index (κ3) is 2.79. The number of Topliss-reactive ketones (excluding diaryl/α,β-unsaturated/α-hetero) is 1. The van der Waals surface area contributed by atoms with E-state index in [-0.39, 0.29) is 44.5 Å². The number of fused-ring (bicyclic) bond motifs is 7. The van der Waals surface area contributed by atoms with Crippen LogP contribution in [0.1, 0.15) is 113 Å². The largest absolute Gasteiger partial charge is 0.393 e. The molecule has 3 nitrogen and oxygen atoms in total. The van der Waals surface area contributed by atoms with Crippen molar-refractivity contribution >= 4 is 5.78 Å². The zero-order valence-corrected chi connectivity index (χ0v) is 22.6.